The molecule has 2 aromatic carbocycles. The summed E-state index contributed by atoms with van der Waals surface area (Å²) in [5, 5.41) is 0. The molecule has 1 saturated carbocycles. The van der Waals surface area contributed by atoms with Crippen LogP contribution >= 0.6 is 0 Å². The van der Waals surface area contributed by atoms with Gasteiger partial charge in [0, 0.05) is 11.5 Å². The lowest BCUT2D eigenvalue weighted by Gasteiger charge is -2.25. The van der Waals surface area contributed by atoms with Gasteiger partial charge in [-0.05, 0) is 79.3 Å². The fourth-order valence-electron chi connectivity index (χ4n) is 4.70. The third-order valence-corrected chi connectivity index (χ3v) is 6.80. The number of rotatable bonds is 9. The molecule has 31 heavy (non-hydrogen) atoms. The summed E-state index contributed by atoms with van der Waals surface area (Å²) in [5.41, 5.74) is 3.89. The normalized spacial score (nSPS) is 18.4. The highest BCUT2D eigenvalue weighted by atomic mass is 19.1. The van der Waals surface area contributed by atoms with Crippen molar-refractivity contribution < 1.29 is 4.39 Å². The number of unbranched alkanes of at least 4 members (excludes halogenated alkanes) is 4. The van der Waals surface area contributed by atoms with Crippen molar-refractivity contribution in [1.29, 1.82) is 0 Å². The Morgan fingerprint density at radius 3 is 2.16 bits per heavy atom. The molecular weight excluding hydrogens is 379 g/mol. The molecule has 0 radical (unpaired) electrons. The minimum Gasteiger partial charge on any atom is -0.207 e. The fraction of sp³-hybridized carbons (Fsp3) is 0.533. The molecule has 166 valence electrons. The summed E-state index contributed by atoms with van der Waals surface area (Å²) in [6.45, 7) is 4.45. The molecule has 1 heteroatoms. The molecule has 1 aliphatic carbocycles. The summed E-state index contributed by atoms with van der Waals surface area (Å²) in [7, 11) is 0. The van der Waals surface area contributed by atoms with E-state index in [0.717, 1.165) is 53.9 Å². The zero-order chi connectivity index (χ0) is 21.9. The minimum absolute atomic E-state index is 0.0808. The zero-order valence-corrected chi connectivity index (χ0v) is 19.6. The van der Waals surface area contributed by atoms with Crippen molar-refractivity contribution in [3.8, 4) is 23.0 Å². The van der Waals surface area contributed by atoms with Crippen molar-refractivity contribution in [2.24, 2.45) is 11.8 Å². The zero-order valence-electron chi connectivity index (χ0n) is 19.6. The van der Waals surface area contributed by atoms with E-state index in [9.17, 15) is 4.39 Å². The molecule has 0 spiro atoms. The van der Waals surface area contributed by atoms with Crippen molar-refractivity contribution in [3.63, 3.8) is 0 Å². The molecule has 0 heterocycles. The van der Waals surface area contributed by atoms with Crippen LogP contribution in [0, 0.1) is 29.5 Å². The first-order chi connectivity index (χ1) is 15.2. The van der Waals surface area contributed by atoms with E-state index in [-0.39, 0.29) is 5.82 Å². The smallest absolute Gasteiger partial charge is 0.127 e. The summed E-state index contributed by atoms with van der Waals surface area (Å²) < 4.78 is 14.5. The molecule has 3 rings (SSSR count). The fourth-order valence-corrected chi connectivity index (χ4v) is 4.70. The van der Waals surface area contributed by atoms with Gasteiger partial charge in [-0.15, -0.1) is 0 Å². The quantitative estimate of drug-likeness (QED) is 0.281. The van der Waals surface area contributed by atoms with E-state index in [2.05, 4.69) is 50.0 Å². The molecule has 0 aliphatic heterocycles. The Bertz CT molecular complexity index is 844. The molecule has 0 amide bonds. The first-order valence-electron chi connectivity index (χ1n) is 12.6. The van der Waals surface area contributed by atoms with Gasteiger partial charge in [0.05, 0.1) is 0 Å². The van der Waals surface area contributed by atoms with Gasteiger partial charge in [0.15, 0.2) is 0 Å². The van der Waals surface area contributed by atoms with Gasteiger partial charge in [0.25, 0.3) is 0 Å². The first kappa shape index (κ1) is 23.6. The minimum atomic E-state index is -0.0808. The largest absolute Gasteiger partial charge is 0.207 e. The van der Waals surface area contributed by atoms with Crippen LogP contribution in [0.25, 0.3) is 11.1 Å². The summed E-state index contributed by atoms with van der Waals surface area (Å²) in [6.07, 6.45) is 14.9. The third-order valence-electron chi connectivity index (χ3n) is 6.80. The lowest BCUT2D eigenvalue weighted by molar-refractivity contribution is 0.294. The number of aryl methyl sites for hydroxylation is 1. The predicted molar refractivity (Wildman–Crippen MR) is 132 cm³/mol. The van der Waals surface area contributed by atoms with Crippen molar-refractivity contribution in [2.75, 3.05) is 0 Å². The number of benzene rings is 2. The van der Waals surface area contributed by atoms with E-state index in [0.29, 0.717) is 5.92 Å². The van der Waals surface area contributed by atoms with Crippen LogP contribution in [0.2, 0.25) is 0 Å². The van der Waals surface area contributed by atoms with Crippen LogP contribution in [0.3, 0.4) is 0 Å². The Morgan fingerprint density at radius 1 is 0.806 bits per heavy atom. The highest BCUT2D eigenvalue weighted by Crippen LogP contribution is 2.31. The Labute approximate surface area is 189 Å². The highest BCUT2D eigenvalue weighted by Gasteiger charge is 2.19. The summed E-state index contributed by atoms with van der Waals surface area (Å²) >= 11 is 0. The predicted octanol–water partition coefficient (Wildman–Crippen LogP) is 8.96. The molecular formula is C30H39F. The van der Waals surface area contributed by atoms with Gasteiger partial charge in [-0.25, -0.2) is 4.39 Å². The molecule has 2 aromatic rings. The van der Waals surface area contributed by atoms with Crippen molar-refractivity contribution in [1.82, 2.24) is 0 Å². The molecule has 0 N–H and O–H groups in total. The average Bonchev–Trinajstić information content (AvgIpc) is 2.80. The van der Waals surface area contributed by atoms with Crippen LogP contribution in [-0.2, 0) is 6.42 Å². The Hall–Kier alpha value is -2.07. The van der Waals surface area contributed by atoms with Gasteiger partial charge in [0.1, 0.15) is 5.82 Å². The maximum atomic E-state index is 14.5. The Balaban J connectivity index is 1.53. The van der Waals surface area contributed by atoms with E-state index < -0.39 is 0 Å². The summed E-state index contributed by atoms with van der Waals surface area (Å²) in [4.78, 5) is 0. The van der Waals surface area contributed by atoms with Gasteiger partial charge in [-0.2, -0.15) is 0 Å². The summed E-state index contributed by atoms with van der Waals surface area (Å²) in [5.74, 6) is 8.31. The molecule has 0 aromatic heterocycles. The highest BCUT2D eigenvalue weighted by molar-refractivity contribution is 5.65. The molecule has 0 saturated heterocycles. The van der Waals surface area contributed by atoms with Gasteiger partial charge in [0.2, 0.25) is 0 Å². The van der Waals surface area contributed by atoms with E-state index in [1.54, 1.807) is 6.07 Å². The lowest BCUT2D eigenvalue weighted by atomic mass is 9.80. The maximum Gasteiger partial charge on any atom is 0.127 e. The van der Waals surface area contributed by atoms with Crippen molar-refractivity contribution >= 4 is 0 Å². The van der Waals surface area contributed by atoms with Crippen LogP contribution in [0.15, 0.2) is 42.5 Å². The van der Waals surface area contributed by atoms with Crippen molar-refractivity contribution in [2.45, 2.75) is 90.9 Å². The molecule has 0 nitrogen and oxygen atoms in total. The molecule has 0 bridgehead atoms. The number of hydrogen-bond acceptors (Lipinski definition) is 0. The SMILES string of the molecule is CCCCCc1ccc(-c2ccc(C#C[C@H]3CC[C@H](CCCCC)CC3)cc2)cc1F. The van der Waals surface area contributed by atoms with Crippen LogP contribution in [-0.4, -0.2) is 0 Å². The maximum absolute atomic E-state index is 14.5. The van der Waals surface area contributed by atoms with Crippen LogP contribution in [0.5, 0.6) is 0 Å². The third kappa shape index (κ3) is 7.53. The summed E-state index contributed by atoms with van der Waals surface area (Å²) in [6, 6.07) is 14.0. The molecule has 0 atom stereocenters. The Morgan fingerprint density at radius 2 is 1.48 bits per heavy atom. The second-order valence-corrected chi connectivity index (χ2v) is 9.32. The Kier molecular flexibility index (Phi) is 9.67. The van der Waals surface area contributed by atoms with Gasteiger partial charge < -0.3 is 0 Å². The van der Waals surface area contributed by atoms with E-state index in [4.69, 9.17) is 0 Å². The average molecular weight is 419 g/mol. The van der Waals surface area contributed by atoms with Gasteiger partial charge in [-0.1, -0.05) is 88.5 Å². The number of halogens is 1. The van der Waals surface area contributed by atoms with E-state index in [1.807, 2.05) is 12.1 Å². The molecule has 0 unspecified atom stereocenters. The van der Waals surface area contributed by atoms with Crippen LogP contribution in [0.4, 0.5) is 4.39 Å². The van der Waals surface area contributed by atoms with Gasteiger partial charge >= 0.3 is 0 Å². The topological polar surface area (TPSA) is 0 Å². The van der Waals surface area contributed by atoms with E-state index in [1.165, 1.54) is 51.4 Å². The standard InChI is InChI=1S/C30H39F/c1-3-5-7-9-24-11-13-25(14-12-24)15-16-26-17-19-27(20-18-26)29-22-21-28(30(31)23-29)10-8-6-4-2/h17-25H,3-14H2,1-2H3/t24-,25-. The second-order valence-electron chi connectivity index (χ2n) is 9.32. The lowest BCUT2D eigenvalue weighted by Crippen LogP contribution is -2.13. The van der Waals surface area contributed by atoms with E-state index >= 15 is 0 Å². The van der Waals surface area contributed by atoms with Gasteiger partial charge in [-0.3, -0.25) is 0 Å². The van der Waals surface area contributed by atoms with Crippen LogP contribution < -0.4 is 0 Å². The second kappa shape index (κ2) is 12.7. The molecule has 1 fully saturated rings. The number of hydrogen-bond donors (Lipinski definition) is 0. The van der Waals surface area contributed by atoms with Crippen LogP contribution in [0.1, 0.15) is 95.6 Å². The monoisotopic (exact) mass is 418 g/mol. The van der Waals surface area contributed by atoms with Crippen molar-refractivity contribution in [3.05, 3.63) is 59.4 Å². The first-order valence-corrected chi connectivity index (χ1v) is 12.6. The molecule has 1 aliphatic rings.